The highest BCUT2D eigenvalue weighted by Crippen LogP contribution is 2.14. The molecule has 0 saturated carbocycles. The SMILES string of the molecule is CC(=O)CNCCc1ccc2oc(=O)n(C)c2c1. The minimum absolute atomic E-state index is 0.127. The van der Waals surface area contributed by atoms with Crippen LogP contribution in [0, 0.1) is 0 Å². The molecule has 18 heavy (non-hydrogen) atoms. The van der Waals surface area contributed by atoms with E-state index in [1.165, 1.54) is 4.57 Å². The number of aromatic nitrogens is 1. The van der Waals surface area contributed by atoms with Crippen LogP contribution in [0.1, 0.15) is 12.5 Å². The Morgan fingerprint density at radius 1 is 1.44 bits per heavy atom. The molecule has 0 spiro atoms. The number of ketones is 1. The number of hydrogen-bond donors (Lipinski definition) is 1. The number of oxazole rings is 1. The van der Waals surface area contributed by atoms with Crippen LogP contribution in [0.2, 0.25) is 0 Å². The van der Waals surface area contributed by atoms with E-state index in [0.717, 1.165) is 24.0 Å². The number of carbonyl (C=O) groups excluding carboxylic acids is 1. The van der Waals surface area contributed by atoms with Gasteiger partial charge in [0.05, 0.1) is 12.1 Å². The number of hydrogen-bond acceptors (Lipinski definition) is 4. The highest BCUT2D eigenvalue weighted by Gasteiger charge is 2.06. The van der Waals surface area contributed by atoms with Crippen molar-refractivity contribution < 1.29 is 9.21 Å². The van der Waals surface area contributed by atoms with Crippen molar-refractivity contribution in [3.05, 3.63) is 34.3 Å². The second kappa shape index (κ2) is 5.18. The van der Waals surface area contributed by atoms with E-state index in [2.05, 4.69) is 5.32 Å². The summed E-state index contributed by atoms with van der Waals surface area (Å²) in [6.07, 6.45) is 0.808. The number of Topliss-reactive ketones (excluding diaryl/α,β-unsaturated/α-hetero) is 1. The van der Waals surface area contributed by atoms with Crippen LogP contribution in [0.3, 0.4) is 0 Å². The lowest BCUT2D eigenvalue weighted by Crippen LogP contribution is -2.23. The van der Waals surface area contributed by atoms with E-state index in [9.17, 15) is 9.59 Å². The molecule has 0 bridgehead atoms. The summed E-state index contributed by atoms with van der Waals surface area (Å²) in [4.78, 5) is 22.1. The Balaban J connectivity index is 2.08. The zero-order valence-electron chi connectivity index (χ0n) is 10.5. The molecule has 0 radical (unpaired) electrons. The first-order chi connectivity index (χ1) is 8.58. The van der Waals surface area contributed by atoms with E-state index in [1.807, 2.05) is 12.1 Å². The summed E-state index contributed by atoms with van der Waals surface area (Å²) in [5.74, 6) is -0.223. The Morgan fingerprint density at radius 3 is 2.94 bits per heavy atom. The molecule has 1 N–H and O–H groups in total. The highest BCUT2D eigenvalue weighted by molar-refractivity contribution is 5.77. The maximum Gasteiger partial charge on any atom is 0.419 e. The number of nitrogens with one attached hydrogen (secondary N) is 1. The monoisotopic (exact) mass is 248 g/mol. The Morgan fingerprint density at radius 2 is 2.22 bits per heavy atom. The summed E-state index contributed by atoms with van der Waals surface area (Å²) in [6.45, 7) is 2.68. The van der Waals surface area contributed by atoms with Crippen LogP contribution in [-0.2, 0) is 18.3 Å². The van der Waals surface area contributed by atoms with Crippen LogP contribution in [-0.4, -0.2) is 23.4 Å². The van der Waals surface area contributed by atoms with Gasteiger partial charge in [-0.1, -0.05) is 6.07 Å². The molecule has 2 rings (SSSR count). The number of nitrogens with zero attached hydrogens (tertiary/aromatic N) is 1. The van der Waals surface area contributed by atoms with Crippen LogP contribution in [0.25, 0.3) is 11.1 Å². The first kappa shape index (κ1) is 12.6. The maximum atomic E-state index is 11.3. The number of aryl methyl sites for hydroxylation is 1. The lowest BCUT2D eigenvalue weighted by molar-refractivity contribution is -0.116. The van der Waals surface area contributed by atoms with Crippen LogP contribution in [0.5, 0.6) is 0 Å². The summed E-state index contributed by atoms with van der Waals surface area (Å²) in [7, 11) is 1.69. The molecule has 0 aliphatic rings. The molecule has 1 aromatic carbocycles. The zero-order valence-corrected chi connectivity index (χ0v) is 10.5. The number of benzene rings is 1. The smallest absolute Gasteiger partial charge is 0.408 e. The second-order valence-electron chi connectivity index (χ2n) is 4.36. The third-order valence-electron chi connectivity index (χ3n) is 2.82. The molecule has 0 saturated heterocycles. The van der Waals surface area contributed by atoms with Crippen molar-refractivity contribution >= 4 is 16.9 Å². The van der Waals surface area contributed by atoms with Gasteiger partial charge in [-0.2, -0.15) is 0 Å². The summed E-state index contributed by atoms with van der Waals surface area (Å²) in [5.41, 5.74) is 2.50. The Kier molecular flexibility index (Phi) is 3.62. The van der Waals surface area contributed by atoms with Gasteiger partial charge in [-0.3, -0.25) is 9.36 Å². The lowest BCUT2D eigenvalue weighted by Gasteiger charge is -2.03. The fourth-order valence-electron chi connectivity index (χ4n) is 1.82. The summed E-state index contributed by atoms with van der Waals surface area (Å²) in [6, 6.07) is 5.67. The van der Waals surface area contributed by atoms with Gasteiger partial charge in [0, 0.05) is 7.05 Å². The highest BCUT2D eigenvalue weighted by atomic mass is 16.4. The van der Waals surface area contributed by atoms with Crippen molar-refractivity contribution in [1.82, 2.24) is 9.88 Å². The third-order valence-corrected chi connectivity index (χ3v) is 2.82. The van der Waals surface area contributed by atoms with E-state index in [0.29, 0.717) is 12.1 Å². The Bertz CT molecular complexity index is 625. The van der Waals surface area contributed by atoms with Crippen molar-refractivity contribution in [2.75, 3.05) is 13.1 Å². The maximum absolute atomic E-state index is 11.3. The summed E-state index contributed by atoms with van der Waals surface area (Å²) < 4.78 is 6.55. The van der Waals surface area contributed by atoms with Gasteiger partial charge in [0.2, 0.25) is 0 Å². The minimum Gasteiger partial charge on any atom is -0.408 e. The lowest BCUT2D eigenvalue weighted by atomic mass is 10.1. The van der Waals surface area contributed by atoms with E-state index in [4.69, 9.17) is 4.42 Å². The van der Waals surface area contributed by atoms with Crippen LogP contribution in [0.15, 0.2) is 27.4 Å². The molecular weight excluding hydrogens is 232 g/mol. The van der Waals surface area contributed by atoms with Gasteiger partial charge in [0.15, 0.2) is 5.58 Å². The van der Waals surface area contributed by atoms with Gasteiger partial charge in [0.25, 0.3) is 0 Å². The van der Waals surface area contributed by atoms with Crippen LogP contribution < -0.4 is 11.1 Å². The van der Waals surface area contributed by atoms with Gasteiger partial charge >= 0.3 is 5.76 Å². The first-order valence-electron chi connectivity index (χ1n) is 5.86. The first-order valence-corrected chi connectivity index (χ1v) is 5.86. The van der Waals surface area contributed by atoms with Gasteiger partial charge in [-0.15, -0.1) is 0 Å². The molecule has 0 aliphatic heterocycles. The summed E-state index contributed by atoms with van der Waals surface area (Å²) in [5, 5.41) is 3.06. The molecule has 96 valence electrons. The van der Waals surface area contributed by atoms with Gasteiger partial charge in [0.1, 0.15) is 5.78 Å². The molecule has 1 heterocycles. The molecule has 0 atom stereocenters. The normalized spacial score (nSPS) is 11.0. The average molecular weight is 248 g/mol. The second-order valence-corrected chi connectivity index (χ2v) is 4.36. The fraction of sp³-hybridized carbons (Fsp3) is 0.385. The molecule has 5 nitrogen and oxygen atoms in total. The van der Waals surface area contributed by atoms with Crippen molar-refractivity contribution in [3.8, 4) is 0 Å². The Hall–Kier alpha value is -1.88. The van der Waals surface area contributed by atoms with Crippen LogP contribution in [0.4, 0.5) is 0 Å². The van der Waals surface area contributed by atoms with Gasteiger partial charge in [-0.25, -0.2) is 4.79 Å². The quantitative estimate of drug-likeness (QED) is 0.797. The predicted octanol–water partition coefficient (Wildman–Crippen LogP) is 0.853. The van der Waals surface area contributed by atoms with Gasteiger partial charge in [-0.05, 0) is 37.6 Å². The van der Waals surface area contributed by atoms with E-state index < -0.39 is 0 Å². The predicted molar refractivity (Wildman–Crippen MR) is 68.7 cm³/mol. The zero-order chi connectivity index (χ0) is 13.1. The number of rotatable bonds is 5. The molecular formula is C13H16N2O3. The van der Waals surface area contributed by atoms with Crippen molar-refractivity contribution in [3.63, 3.8) is 0 Å². The number of fused-ring (bicyclic) bond motifs is 1. The van der Waals surface area contributed by atoms with Gasteiger partial charge < -0.3 is 9.73 Å². The molecule has 5 heteroatoms. The number of carbonyl (C=O) groups is 1. The largest absolute Gasteiger partial charge is 0.419 e. The van der Waals surface area contributed by atoms with E-state index in [-0.39, 0.29) is 11.5 Å². The molecule has 2 aromatic rings. The van der Waals surface area contributed by atoms with Crippen molar-refractivity contribution in [2.45, 2.75) is 13.3 Å². The van der Waals surface area contributed by atoms with Crippen molar-refractivity contribution in [2.24, 2.45) is 7.05 Å². The average Bonchev–Trinajstić information content (AvgIpc) is 2.61. The third kappa shape index (κ3) is 2.68. The molecule has 0 unspecified atom stereocenters. The van der Waals surface area contributed by atoms with E-state index >= 15 is 0 Å². The molecule has 1 aromatic heterocycles. The molecule has 0 amide bonds. The molecule has 0 fully saturated rings. The minimum atomic E-state index is -0.350. The van der Waals surface area contributed by atoms with E-state index in [1.54, 1.807) is 20.0 Å². The fourth-order valence-corrected chi connectivity index (χ4v) is 1.82. The van der Waals surface area contributed by atoms with Crippen LogP contribution >= 0.6 is 0 Å². The molecule has 0 aliphatic carbocycles. The van der Waals surface area contributed by atoms with Crippen molar-refractivity contribution in [1.29, 1.82) is 0 Å². The summed E-state index contributed by atoms with van der Waals surface area (Å²) >= 11 is 0. The Labute approximate surface area is 104 Å². The standard InChI is InChI=1S/C13H16N2O3/c1-9(16)8-14-6-5-10-3-4-12-11(7-10)15(2)13(17)18-12/h3-4,7,14H,5-6,8H2,1-2H3. The topological polar surface area (TPSA) is 64.2 Å².